The van der Waals surface area contributed by atoms with Gasteiger partial charge >= 0.3 is 5.97 Å². The second-order valence-corrected chi connectivity index (χ2v) is 7.10. The summed E-state index contributed by atoms with van der Waals surface area (Å²) >= 11 is 1.17. The monoisotopic (exact) mass is 393 g/mol. The van der Waals surface area contributed by atoms with E-state index in [4.69, 9.17) is 4.74 Å². The summed E-state index contributed by atoms with van der Waals surface area (Å²) in [7, 11) is 0. The minimum absolute atomic E-state index is 0.207. The van der Waals surface area contributed by atoms with E-state index in [0.29, 0.717) is 31.9 Å². The van der Waals surface area contributed by atoms with Gasteiger partial charge in [0.1, 0.15) is 15.5 Å². The van der Waals surface area contributed by atoms with Gasteiger partial charge in [-0.3, -0.25) is 9.36 Å². The molecule has 0 atom stereocenters. The third-order valence-corrected chi connectivity index (χ3v) is 5.50. The minimum Gasteiger partial charge on any atom is -0.462 e. The Balaban J connectivity index is 2.08. The molecule has 140 valence electrons. The number of nitrogens with zero attached hydrogens (tertiary/aromatic N) is 1. The first-order valence-corrected chi connectivity index (χ1v) is 9.59. The summed E-state index contributed by atoms with van der Waals surface area (Å²) in [5.41, 5.74) is 1.62. The van der Waals surface area contributed by atoms with Crippen molar-refractivity contribution in [3.8, 4) is 16.8 Å². The first-order chi connectivity index (χ1) is 13.6. The van der Waals surface area contributed by atoms with Crippen LogP contribution in [0, 0.1) is 5.82 Å². The number of thiophene rings is 1. The average Bonchev–Trinajstić information content (AvgIpc) is 3.08. The average molecular weight is 393 g/mol. The van der Waals surface area contributed by atoms with Crippen LogP contribution in [0.2, 0.25) is 0 Å². The number of ether oxygens (including phenoxy) is 1. The standard InChI is InChI=1S/C22H16FNO3S/c1-2-27-22(26)20-19(14-7-6-8-15(23)13-14)17-11-12-18(25)24(21(17)28-20)16-9-4-3-5-10-16/h3-13H,2H2,1H3. The number of aromatic nitrogens is 1. The number of benzene rings is 2. The van der Waals surface area contributed by atoms with Crippen molar-refractivity contribution >= 4 is 27.5 Å². The van der Waals surface area contributed by atoms with E-state index in [0.717, 1.165) is 0 Å². The van der Waals surface area contributed by atoms with Crippen molar-refractivity contribution in [2.24, 2.45) is 0 Å². The maximum atomic E-state index is 13.9. The molecule has 0 aliphatic heterocycles. The Labute approximate surface area is 164 Å². The number of para-hydroxylation sites is 1. The zero-order valence-corrected chi connectivity index (χ0v) is 15.8. The lowest BCUT2D eigenvalue weighted by molar-refractivity contribution is 0.0533. The number of hydrogen-bond acceptors (Lipinski definition) is 4. The summed E-state index contributed by atoms with van der Waals surface area (Å²) in [6, 6.07) is 18.4. The van der Waals surface area contributed by atoms with Crippen LogP contribution in [0.3, 0.4) is 0 Å². The van der Waals surface area contributed by atoms with E-state index < -0.39 is 11.8 Å². The maximum Gasteiger partial charge on any atom is 0.349 e. The molecule has 2 heterocycles. The molecule has 0 aliphatic carbocycles. The van der Waals surface area contributed by atoms with Crippen LogP contribution in [0.1, 0.15) is 16.6 Å². The summed E-state index contributed by atoms with van der Waals surface area (Å²) in [5.74, 6) is -0.891. The highest BCUT2D eigenvalue weighted by molar-refractivity contribution is 7.21. The van der Waals surface area contributed by atoms with Crippen molar-refractivity contribution in [3.63, 3.8) is 0 Å². The fraction of sp³-hybridized carbons (Fsp3) is 0.0909. The number of pyridine rings is 1. The van der Waals surface area contributed by atoms with E-state index in [2.05, 4.69) is 0 Å². The summed E-state index contributed by atoms with van der Waals surface area (Å²) in [5, 5.41) is 0.696. The van der Waals surface area contributed by atoms with Crippen LogP contribution >= 0.6 is 11.3 Å². The highest BCUT2D eigenvalue weighted by Gasteiger charge is 2.23. The Morgan fingerprint density at radius 3 is 2.57 bits per heavy atom. The Hall–Kier alpha value is -3.25. The molecule has 0 spiro atoms. The Morgan fingerprint density at radius 2 is 1.86 bits per heavy atom. The highest BCUT2D eigenvalue weighted by atomic mass is 32.1. The Bertz CT molecular complexity index is 1230. The molecule has 4 nitrogen and oxygen atoms in total. The van der Waals surface area contributed by atoms with Crippen LogP contribution in [0.25, 0.3) is 27.0 Å². The quantitative estimate of drug-likeness (QED) is 0.457. The first-order valence-electron chi connectivity index (χ1n) is 8.77. The molecule has 28 heavy (non-hydrogen) atoms. The maximum absolute atomic E-state index is 13.9. The van der Waals surface area contributed by atoms with Crippen LogP contribution in [-0.2, 0) is 4.74 Å². The van der Waals surface area contributed by atoms with Gasteiger partial charge in [0.05, 0.1) is 12.3 Å². The molecule has 4 aromatic rings. The molecule has 0 fully saturated rings. The van der Waals surface area contributed by atoms with E-state index in [1.54, 1.807) is 29.7 Å². The molecule has 2 aromatic carbocycles. The predicted molar refractivity (Wildman–Crippen MR) is 109 cm³/mol. The van der Waals surface area contributed by atoms with Gasteiger partial charge in [0.15, 0.2) is 0 Å². The molecule has 0 radical (unpaired) electrons. The van der Waals surface area contributed by atoms with Crippen molar-refractivity contribution in [2.75, 3.05) is 6.61 Å². The fourth-order valence-electron chi connectivity index (χ4n) is 3.17. The molecular weight excluding hydrogens is 377 g/mol. The lowest BCUT2D eigenvalue weighted by Gasteiger charge is -2.08. The zero-order valence-electron chi connectivity index (χ0n) is 15.0. The van der Waals surface area contributed by atoms with Gasteiger partial charge in [-0.1, -0.05) is 30.3 Å². The van der Waals surface area contributed by atoms with E-state index in [1.807, 2.05) is 30.3 Å². The van der Waals surface area contributed by atoms with Crippen LogP contribution in [0.15, 0.2) is 71.5 Å². The molecule has 2 aromatic heterocycles. The van der Waals surface area contributed by atoms with Crippen molar-refractivity contribution in [1.29, 1.82) is 0 Å². The zero-order chi connectivity index (χ0) is 19.7. The van der Waals surface area contributed by atoms with E-state index >= 15 is 0 Å². The van der Waals surface area contributed by atoms with Crippen molar-refractivity contribution < 1.29 is 13.9 Å². The number of carbonyl (C=O) groups excluding carboxylic acids is 1. The highest BCUT2D eigenvalue weighted by Crippen LogP contribution is 2.39. The van der Waals surface area contributed by atoms with Crippen LogP contribution < -0.4 is 5.56 Å². The largest absolute Gasteiger partial charge is 0.462 e. The minimum atomic E-state index is -0.491. The Kier molecular flexibility index (Phi) is 4.79. The van der Waals surface area contributed by atoms with Gasteiger partial charge in [0, 0.05) is 17.0 Å². The normalized spacial score (nSPS) is 10.9. The van der Waals surface area contributed by atoms with Crippen LogP contribution in [-0.4, -0.2) is 17.1 Å². The van der Waals surface area contributed by atoms with Crippen molar-refractivity contribution in [3.05, 3.63) is 87.8 Å². The van der Waals surface area contributed by atoms with Gasteiger partial charge in [-0.05, 0) is 42.8 Å². The number of rotatable bonds is 4. The lowest BCUT2D eigenvalue weighted by atomic mass is 10.0. The van der Waals surface area contributed by atoms with Gasteiger partial charge in [-0.2, -0.15) is 0 Å². The Morgan fingerprint density at radius 1 is 1.07 bits per heavy atom. The smallest absolute Gasteiger partial charge is 0.349 e. The van der Waals surface area contributed by atoms with Crippen LogP contribution in [0.5, 0.6) is 0 Å². The predicted octanol–water partition coefficient (Wildman–Crippen LogP) is 5.04. The third-order valence-electron chi connectivity index (χ3n) is 4.33. The van der Waals surface area contributed by atoms with Gasteiger partial charge in [0.25, 0.3) is 5.56 Å². The molecule has 0 unspecified atom stereocenters. The van der Waals surface area contributed by atoms with Gasteiger partial charge in [-0.15, -0.1) is 11.3 Å². The van der Waals surface area contributed by atoms with E-state index in [9.17, 15) is 14.0 Å². The molecule has 0 saturated heterocycles. The lowest BCUT2D eigenvalue weighted by Crippen LogP contribution is -2.16. The van der Waals surface area contributed by atoms with Gasteiger partial charge in [0.2, 0.25) is 0 Å². The molecule has 0 N–H and O–H groups in total. The van der Waals surface area contributed by atoms with Gasteiger partial charge < -0.3 is 4.74 Å². The number of fused-ring (bicyclic) bond motifs is 1. The first kappa shape index (κ1) is 18.1. The summed E-state index contributed by atoms with van der Waals surface area (Å²) < 4.78 is 20.7. The number of carbonyl (C=O) groups is 1. The van der Waals surface area contributed by atoms with Crippen molar-refractivity contribution in [1.82, 2.24) is 4.57 Å². The van der Waals surface area contributed by atoms with Gasteiger partial charge in [-0.25, -0.2) is 9.18 Å². The van der Waals surface area contributed by atoms with Crippen molar-refractivity contribution in [2.45, 2.75) is 6.92 Å². The molecule has 4 rings (SSSR count). The number of esters is 1. The fourth-order valence-corrected chi connectivity index (χ4v) is 4.41. The second-order valence-electron chi connectivity index (χ2n) is 6.10. The molecule has 6 heteroatoms. The van der Waals surface area contributed by atoms with E-state index in [-0.39, 0.29) is 12.2 Å². The molecular formula is C22H16FNO3S. The topological polar surface area (TPSA) is 48.3 Å². The van der Waals surface area contributed by atoms with E-state index in [1.165, 1.54) is 29.5 Å². The number of hydrogen-bond donors (Lipinski definition) is 0. The molecule has 0 bridgehead atoms. The molecule has 0 aliphatic rings. The summed E-state index contributed by atoms with van der Waals surface area (Å²) in [4.78, 5) is 26.2. The molecule has 0 amide bonds. The summed E-state index contributed by atoms with van der Waals surface area (Å²) in [6.07, 6.45) is 0. The summed E-state index contributed by atoms with van der Waals surface area (Å²) in [6.45, 7) is 1.95. The second kappa shape index (κ2) is 7.40. The number of halogens is 1. The SMILES string of the molecule is CCOC(=O)c1sc2c(ccc(=O)n2-c2ccccc2)c1-c1cccc(F)c1. The molecule has 0 saturated carbocycles. The van der Waals surface area contributed by atoms with Crippen LogP contribution in [0.4, 0.5) is 4.39 Å². The third kappa shape index (κ3) is 3.12.